The molecule has 0 aliphatic rings. The Morgan fingerprint density at radius 2 is 2.08 bits per heavy atom. The fourth-order valence-corrected chi connectivity index (χ4v) is 2.87. The van der Waals surface area contributed by atoms with E-state index in [1.165, 1.54) is 4.88 Å². The van der Waals surface area contributed by atoms with Crippen molar-refractivity contribution < 1.29 is 5.11 Å². The Morgan fingerprint density at radius 1 is 1.23 bits per heavy atom. The molecule has 0 unspecified atom stereocenters. The third-order valence-electron chi connectivity index (χ3n) is 1.84. The van der Waals surface area contributed by atoms with E-state index in [9.17, 15) is 5.11 Å². The van der Waals surface area contributed by atoms with Crippen LogP contribution in [0.4, 0.5) is 0 Å². The Kier molecular flexibility index (Phi) is 2.49. The molecule has 0 bridgehead atoms. The molecule has 0 saturated carbocycles. The predicted molar refractivity (Wildman–Crippen MR) is 57.4 cm³/mol. The van der Waals surface area contributed by atoms with Crippen LogP contribution < -0.4 is 0 Å². The molecule has 0 aliphatic heterocycles. The molecule has 1 N–H and O–H groups in total. The molecule has 1 atom stereocenters. The first-order valence-electron chi connectivity index (χ1n) is 4.05. The second-order valence-electron chi connectivity index (χ2n) is 2.87. The van der Waals surface area contributed by atoms with Crippen molar-refractivity contribution in [3.05, 3.63) is 44.3 Å². The molecule has 0 spiro atoms. The Balaban J connectivity index is 2.28. The van der Waals surface area contributed by atoms with Gasteiger partial charge in [0.1, 0.15) is 6.10 Å². The highest BCUT2D eigenvalue weighted by Crippen LogP contribution is 2.30. The van der Waals surface area contributed by atoms with Crippen LogP contribution >= 0.6 is 22.7 Å². The number of hydrogen-bond donors (Lipinski definition) is 1. The summed E-state index contributed by atoms with van der Waals surface area (Å²) in [5.41, 5.74) is 0. The molecular formula is C10H10OS2. The van der Waals surface area contributed by atoms with Crippen molar-refractivity contribution in [3.8, 4) is 0 Å². The first kappa shape index (κ1) is 8.94. The molecule has 13 heavy (non-hydrogen) atoms. The topological polar surface area (TPSA) is 20.2 Å². The van der Waals surface area contributed by atoms with Gasteiger partial charge in [0.2, 0.25) is 0 Å². The summed E-state index contributed by atoms with van der Waals surface area (Å²) in [6.45, 7) is 2.05. The van der Waals surface area contributed by atoms with Crippen molar-refractivity contribution in [3.63, 3.8) is 0 Å². The second kappa shape index (κ2) is 3.62. The van der Waals surface area contributed by atoms with Crippen LogP contribution in [0.1, 0.15) is 20.7 Å². The maximum Gasteiger partial charge on any atom is 0.122 e. The smallest absolute Gasteiger partial charge is 0.122 e. The summed E-state index contributed by atoms with van der Waals surface area (Å²) in [5, 5.41) is 11.9. The van der Waals surface area contributed by atoms with Gasteiger partial charge in [-0.3, -0.25) is 0 Å². The van der Waals surface area contributed by atoms with E-state index in [1.54, 1.807) is 22.7 Å². The lowest BCUT2D eigenvalue weighted by atomic mass is 10.2. The molecule has 0 amide bonds. The summed E-state index contributed by atoms with van der Waals surface area (Å²) in [5.74, 6) is 0. The third kappa shape index (κ3) is 1.82. The van der Waals surface area contributed by atoms with Crippen LogP contribution in [-0.2, 0) is 0 Å². The molecule has 1 nitrogen and oxygen atoms in total. The Morgan fingerprint density at radius 3 is 2.62 bits per heavy atom. The van der Waals surface area contributed by atoms with Crippen molar-refractivity contribution in [2.45, 2.75) is 13.0 Å². The van der Waals surface area contributed by atoms with Gasteiger partial charge in [-0.1, -0.05) is 6.07 Å². The van der Waals surface area contributed by atoms with Crippen LogP contribution in [0.25, 0.3) is 0 Å². The minimum absolute atomic E-state index is 0.432. The van der Waals surface area contributed by atoms with Gasteiger partial charge < -0.3 is 5.11 Å². The Labute approximate surface area is 85.3 Å². The quantitative estimate of drug-likeness (QED) is 0.807. The molecule has 0 aromatic carbocycles. The number of aliphatic hydroxyl groups excluding tert-OH is 1. The van der Waals surface area contributed by atoms with E-state index in [-0.39, 0.29) is 0 Å². The van der Waals surface area contributed by atoms with Gasteiger partial charge in [0.05, 0.1) is 0 Å². The molecule has 0 saturated heterocycles. The van der Waals surface area contributed by atoms with Crippen LogP contribution in [-0.4, -0.2) is 5.11 Å². The largest absolute Gasteiger partial charge is 0.382 e. The standard InChI is InChI=1S/C10H10OS2/c1-7-4-5-9(13-7)10(11)8-3-2-6-12-8/h2-6,10-11H,1H3/t10-/m0/s1. The van der Waals surface area contributed by atoms with Gasteiger partial charge in [0.25, 0.3) is 0 Å². The highest BCUT2D eigenvalue weighted by Gasteiger charge is 2.12. The number of rotatable bonds is 2. The molecule has 2 aromatic rings. The fraction of sp³-hybridized carbons (Fsp3) is 0.200. The van der Waals surface area contributed by atoms with E-state index in [2.05, 4.69) is 6.92 Å². The van der Waals surface area contributed by atoms with Gasteiger partial charge in [-0.2, -0.15) is 0 Å². The third-order valence-corrected chi connectivity index (χ3v) is 3.82. The second-order valence-corrected chi connectivity index (χ2v) is 5.17. The van der Waals surface area contributed by atoms with E-state index >= 15 is 0 Å². The lowest BCUT2D eigenvalue weighted by Crippen LogP contribution is -1.92. The molecule has 2 heterocycles. The lowest BCUT2D eigenvalue weighted by Gasteiger charge is -2.04. The zero-order valence-corrected chi connectivity index (χ0v) is 8.86. The highest BCUT2D eigenvalue weighted by atomic mass is 32.1. The van der Waals surface area contributed by atoms with E-state index in [1.807, 2.05) is 29.6 Å². The molecule has 3 heteroatoms. The number of aliphatic hydroxyl groups is 1. The number of thiophene rings is 2. The molecule has 0 fully saturated rings. The van der Waals surface area contributed by atoms with Crippen molar-refractivity contribution in [2.24, 2.45) is 0 Å². The van der Waals surface area contributed by atoms with Gasteiger partial charge in [-0.25, -0.2) is 0 Å². The maximum atomic E-state index is 9.91. The number of hydrogen-bond acceptors (Lipinski definition) is 3. The van der Waals surface area contributed by atoms with Crippen molar-refractivity contribution in [1.82, 2.24) is 0 Å². The Bertz CT molecular complexity index is 375. The normalized spacial score (nSPS) is 13.1. The summed E-state index contributed by atoms with van der Waals surface area (Å²) in [6.07, 6.45) is -0.432. The lowest BCUT2D eigenvalue weighted by molar-refractivity contribution is 0.228. The van der Waals surface area contributed by atoms with Crippen LogP contribution in [0.15, 0.2) is 29.6 Å². The average molecular weight is 210 g/mol. The first-order valence-corrected chi connectivity index (χ1v) is 5.75. The van der Waals surface area contributed by atoms with Crippen molar-refractivity contribution in [2.75, 3.05) is 0 Å². The predicted octanol–water partition coefficient (Wildman–Crippen LogP) is 3.20. The molecule has 0 aliphatic carbocycles. The summed E-state index contributed by atoms with van der Waals surface area (Å²) < 4.78 is 0. The fourth-order valence-electron chi connectivity index (χ4n) is 1.19. The van der Waals surface area contributed by atoms with Gasteiger partial charge in [-0.15, -0.1) is 22.7 Å². The van der Waals surface area contributed by atoms with E-state index in [0.717, 1.165) is 9.75 Å². The summed E-state index contributed by atoms with van der Waals surface area (Å²) in [6, 6.07) is 7.95. The molecule has 68 valence electrons. The average Bonchev–Trinajstić information content (AvgIpc) is 2.72. The van der Waals surface area contributed by atoms with Crippen LogP contribution in [0.3, 0.4) is 0 Å². The summed E-state index contributed by atoms with van der Waals surface area (Å²) in [7, 11) is 0. The zero-order valence-electron chi connectivity index (χ0n) is 7.23. The first-order chi connectivity index (χ1) is 6.27. The number of aryl methyl sites for hydroxylation is 1. The van der Waals surface area contributed by atoms with Gasteiger partial charge in [-0.05, 0) is 30.5 Å². The zero-order chi connectivity index (χ0) is 9.26. The summed E-state index contributed by atoms with van der Waals surface area (Å²) >= 11 is 3.24. The molecule has 2 rings (SSSR count). The monoisotopic (exact) mass is 210 g/mol. The van der Waals surface area contributed by atoms with Crippen LogP contribution in [0.2, 0.25) is 0 Å². The molecule has 2 aromatic heterocycles. The molecular weight excluding hydrogens is 200 g/mol. The van der Waals surface area contributed by atoms with Crippen LogP contribution in [0.5, 0.6) is 0 Å². The van der Waals surface area contributed by atoms with Gasteiger partial charge in [0.15, 0.2) is 0 Å². The van der Waals surface area contributed by atoms with Crippen molar-refractivity contribution >= 4 is 22.7 Å². The van der Waals surface area contributed by atoms with E-state index in [4.69, 9.17) is 0 Å². The summed E-state index contributed by atoms with van der Waals surface area (Å²) in [4.78, 5) is 3.28. The van der Waals surface area contributed by atoms with E-state index < -0.39 is 6.10 Å². The van der Waals surface area contributed by atoms with Crippen molar-refractivity contribution in [1.29, 1.82) is 0 Å². The highest BCUT2D eigenvalue weighted by molar-refractivity contribution is 7.12. The Hall–Kier alpha value is -0.640. The van der Waals surface area contributed by atoms with Gasteiger partial charge >= 0.3 is 0 Å². The van der Waals surface area contributed by atoms with E-state index in [0.29, 0.717) is 0 Å². The minimum Gasteiger partial charge on any atom is -0.382 e. The molecule has 0 radical (unpaired) electrons. The maximum absolute atomic E-state index is 9.91. The van der Waals surface area contributed by atoms with Gasteiger partial charge in [0, 0.05) is 14.6 Å². The van der Waals surface area contributed by atoms with Crippen LogP contribution in [0, 0.1) is 6.92 Å². The SMILES string of the molecule is Cc1ccc([C@@H](O)c2cccs2)s1. The minimum atomic E-state index is -0.432.